The average Bonchev–Trinajstić information content (AvgIpc) is 2.42. The monoisotopic (exact) mass is 250 g/mol. The topological polar surface area (TPSA) is 38.7 Å². The molecule has 1 rings (SSSR count). The predicted molar refractivity (Wildman–Crippen MR) is 72.7 cm³/mol. The summed E-state index contributed by atoms with van der Waals surface area (Å²) in [6.07, 6.45) is 3.80. The lowest BCUT2D eigenvalue weighted by atomic mass is 10.1. The van der Waals surface area contributed by atoms with Crippen molar-refractivity contribution in [3.8, 4) is 5.75 Å². The van der Waals surface area contributed by atoms with Crippen LogP contribution in [0.4, 0.5) is 0 Å². The number of hydrogen-bond acceptors (Lipinski definition) is 3. The number of rotatable bonds is 9. The molecule has 0 aliphatic rings. The van der Waals surface area contributed by atoms with Crippen LogP contribution in [0.3, 0.4) is 0 Å². The number of ether oxygens (including phenoxy) is 2. The number of methoxy groups -OCH3 is 1. The maximum atomic E-state index is 9.60. The zero-order valence-corrected chi connectivity index (χ0v) is 11.0. The molecule has 3 nitrogen and oxygen atoms in total. The molecular formula is C15H22O3. The maximum absolute atomic E-state index is 9.60. The first-order valence-electron chi connectivity index (χ1n) is 6.26. The van der Waals surface area contributed by atoms with Crippen LogP contribution in [0.25, 0.3) is 0 Å². The van der Waals surface area contributed by atoms with Crippen molar-refractivity contribution in [1.82, 2.24) is 0 Å². The van der Waals surface area contributed by atoms with Crippen molar-refractivity contribution in [2.45, 2.75) is 32.0 Å². The van der Waals surface area contributed by atoms with Gasteiger partial charge in [0.15, 0.2) is 0 Å². The van der Waals surface area contributed by atoms with Crippen LogP contribution in [0.1, 0.15) is 24.8 Å². The molecule has 0 spiro atoms. The Balaban J connectivity index is 2.15. The predicted octanol–water partition coefficient (Wildman–Crippen LogP) is 2.93. The van der Waals surface area contributed by atoms with Crippen molar-refractivity contribution in [1.29, 1.82) is 0 Å². The van der Waals surface area contributed by atoms with Crippen LogP contribution in [0, 0.1) is 0 Å². The Morgan fingerprint density at radius 2 is 2.00 bits per heavy atom. The summed E-state index contributed by atoms with van der Waals surface area (Å²) >= 11 is 0. The fraction of sp³-hybridized carbons (Fsp3) is 0.467. The van der Waals surface area contributed by atoms with Crippen LogP contribution in [-0.2, 0) is 11.3 Å². The van der Waals surface area contributed by atoms with Gasteiger partial charge in [0.25, 0.3) is 0 Å². The summed E-state index contributed by atoms with van der Waals surface area (Å²) in [6, 6.07) is 7.79. The Morgan fingerprint density at radius 3 is 2.61 bits per heavy atom. The first-order valence-corrected chi connectivity index (χ1v) is 6.26. The molecule has 0 unspecified atom stereocenters. The molecule has 0 radical (unpaired) electrons. The van der Waals surface area contributed by atoms with E-state index in [1.54, 1.807) is 7.11 Å². The van der Waals surface area contributed by atoms with Crippen molar-refractivity contribution < 1.29 is 14.6 Å². The number of aliphatic hydroxyl groups is 1. The Labute approximate surface area is 109 Å². The molecule has 1 atom stereocenters. The van der Waals surface area contributed by atoms with Crippen LogP contribution in [0.15, 0.2) is 36.9 Å². The minimum Gasteiger partial charge on any atom is -0.497 e. The lowest BCUT2D eigenvalue weighted by molar-refractivity contribution is 0.0705. The second-order valence-electron chi connectivity index (χ2n) is 4.21. The second-order valence-corrected chi connectivity index (χ2v) is 4.21. The van der Waals surface area contributed by atoms with E-state index in [-0.39, 0.29) is 6.10 Å². The molecule has 0 saturated heterocycles. The number of allylic oxidation sites excluding steroid dienone is 1. The molecule has 1 N–H and O–H groups in total. The first-order chi connectivity index (χ1) is 8.76. The normalized spacial score (nSPS) is 12.1. The highest BCUT2D eigenvalue weighted by Crippen LogP contribution is 2.12. The van der Waals surface area contributed by atoms with E-state index in [0.717, 1.165) is 24.2 Å². The molecule has 0 aliphatic carbocycles. The van der Waals surface area contributed by atoms with Crippen LogP contribution < -0.4 is 4.74 Å². The van der Waals surface area contributed by atoms with Gasteiger partial charge in [-0.15, -0.1) is 6.58 Å². The molecule has 0 bridgehead atoms. The van der Waals surface area contributed by atoms with E-state index in [4.69, 9.17) is 9.47 Å². The van der Waals surface area contributed by atoms with Crippen LogP contribution >= 0.6 is 0 Å². The van der Waals surface area contributed by atoms with Gasteiger partial charge in [-0.25, -0.2) is 0 Å². The Hall–Kier alpha value is -1.32. The summed E-state index contributed by atoms with van der Waals surface area (Å²) in [5.41, 5.74) is 1.11. The van der Waals surface area contributed by atoms with E-state index >= 15 is 0 Å². The lowest BCUT2D eigenvalue weighted by Crippen LogP contribution is -2.10. The Morgan fingerprint density at radius 1 is 1.28 bits per heavy atom. The molecule has 3 heteroatoms. The van der Waals surface area contributed by atoms with E-state index in [1.165, 1.54) is 0 Å². The van der Waals surface area contributed by atoms with Crippen LogP contribution in [0.5, 0.6) is 5.75 Å². The van der Waals surface area contributed by atoms with Crippen LogP contribution in [0.2, 0.25) is 0 Å². The highest BCUT2D eigenvalue weighted by atomic mass is 16.5. The summed E-state index contributed by atoms with van der Waals surface area (Å²) < 4.78 is 10.6. The number of benzene rings is 1. The van der Waals surface area contributed by atoms with Gasteiger partial charge in [-0.1, -0.05) is 18.2 Å². The van der Waals surface area contributed by atoms with Gasteiger partial charge in [0.1, 0.15) is 5.75 Å². The number of aliphatic hydroxyl groups excluding tert-OH is 1. The zero-order chi connectivity index (χ0) is 13.2. The molecule has 0 saturated carbocycles. The van der Waals surface area contributed by atoms with Crippen molar-refractivity contribution in [3.05, 3.63) is 42.5 Å². The van der Waals surface area contributed by atoms with Crippen molar-refractivity contribution >= 4 is 0 Å². The Kier molecular flexibility index (Phi) is 7.14. The van der Waals surface area contributed by atoms with Crippen molar-refractivity contribution in [3.63, 3.8) is 0 Å². The summed E-state index contributed by atoms with van der Waals surface area (Å²) in [5, 5.41) is 9.60. The molecule has 1 aromatic carbocycles. The summed E-state index contributed by atoms with van der Waals surface area (Å²) in [7, 11) is 1.65. The first kappa shape index (κ1) is 14.7. The maximum Gasteiger partial charge on any atom is 0.118 e. The van der Waals surface area contributed by atoms with Gasteiger partial charge in [0.2, 0.25) is 0 Å². The molecule has 0 amide bonds. The SMILES string of the molecule is C=CCC[C@@H](O)CCOCc1ccc(OC)cc1. The summed E-state index contributed by atoms with van der Waals surface area (Å²) in [5.74, 6) is 0.846. The van der Waals surface area contributed by atoms with Crippen LogP contribution in [-0.4, -0.2) is 24.9 Å². The molecule has 0 aliphatic heterocycles. The molecule has 100 valence electrons. The van der Waals surface area contributed by atoms with Gasteiger partial charge in [-0.05, 0) is 37.0 Å². The highest BCUT2D eigenvalue weighted by Gasteiger charge is 2.02. The minimum atomic E-state index is -0.293. The van der Waals surface area contributed by atoms with Gasteiger partial charge in [0, 0.05) is 6.61 Å². The van der Waals surface area contributed by atoms with E-state index in [1.807, 2.05) is 30.3 Å². The third kappa shape index (κ3) is 5.84. The fourth-order valence-electron chi connectivity index (χ4n) is 1.59. The Bertz CT molecular complexity index is 332. The van der Waals surface area contributed by atoms with Gasteiger partial charge in [-0.3, -0.25) is 0 Å². The van der Waals surface area contributed by atoms with Crippen molar-refractivity contribution in [2.75, 3.05) is 13.7 Å². The molecule has 18 heavy (non-hydrogen) atoms. The van der Waals surface area contributed by atoms with Gasteiger partial charge >= 0.3 is 0 Å². The van der Waals surface area contributed by atoms with Gasteiger partial charge in [0.05, 0.1) is 19.8 Å². The summed E-state index contributed by atoms with van der Waals surface area (Å²) in [4.78, 5) is 0. The minimum absolute atomic E-state index is 0.293. The summed E-state index contributed by atoms with van der Waals surface area (Å²) in [6.45, 7) is 4.77. The third-order valence-corrected chi connectivity index (χ3v) is 2.73. The fourth-order valence-corrected chi connectivity index (χ4v) is 1.59. The van der Waals surface area contributed by atoms with E-state index in [2.05, 4.69) is 6.58 Å². The van der Waals surface area contributed by atoms with E-state index < -0.39 is 0 Å². The molecule has 0 fully saturated rings. The average molecular weight is 250 g/mol. The zero-order valence-electron chi connectivity index (χ0n) is 11.0. The standard InChI is InChI=1S/C15H22O3/c1-3-4-5-14(16)10-11-18-12-13-6-8-15(17-2)9-7-13/h3,6-9,14,16H,1,4-5,10-12H2,2H3/t14-/m1/s1. The molecule has 1 aromatic rings. The number of hydrogen-bond donors (Lipinski definition) is 1. The third-order valence-electron chi connectivity index (χ3n) is 2.73. The van der Waals surface area contributed by atoms with Gasteiger partial charge in [-0.2, -0.15) is 0 Å². The highest BCUT2D eigenvalue weighted by molar-refractivity contribution is 5.26. The largest absolute Gasteiger partial charge is 0.497 e. The van der Waals surface area contributed by atoms with Crippen molar-refractivity contribution in [2.24, 2.45) is 0 Å². The quantitative estimate of drug-likeness (QED) is 0.541. The molecule has 0 heterocycles. The molecular weight excluding hydrogens is 228 g/mol. The lowest BCUT2D eigenvalue weighted by Gasteiger charge is -2.10. The van der Waals surface area contributed by atoms with E-state index in [9.17, 15) is 5.11 Å². The van der Waals surface area contributed by atoms with Gasteiger partial charge < -0.3 is 14.6 Å². The van der Waals surface area contributed by atoms with E-state index in [0.29, 0.717) is 19.6 Å². The smallest absolute Gasteiger partial charge is 0.118 e. The molecule has 0 aromatic heterocycles. The second kappa shape index (κ2) is 8.72.